The summed E-state index contributed by atoms with van der Waals surface area (Å²) in [5.41, 5.74) is 4.01. The Kier molecular flexibility index (Phi) is 4.46. The Bertz CT molecular complexity index is 607. The molecule has 2 nitrogen and oxygen atoms in total. The molecule has 0 saturated carbocycles. The minimum Gasteiger partial charge on any atom is -0.426 e. The third kappa shape index (κ3) is 3.61. The number of halogens is 1. The van der Waals surface area contributed by atoms with Crippen LogP contribution in [-0.2, 0) is 11.2 Å². The average molecular weight is 289 g/mol. The Morgan fingerprint density at radius 3 is 2.15 bits per heavy atom. The number of benzene rings is 2. The number of carbonyl (C=O) groups excluding carboxylic acids is 1. The van der Waals surface area contributed by atoms with Gasteiger partial charge in [-0.1, -0.05) is 41.4 Å². The summed E-state index contributed by atoms with van der Waals surface area (Å²) >= 11 is 5.82. The first-order valence-corrected chi connectivity index (χ1v) is 6.86. The first-order chi connectivity index (χ1) is 9.45. The van der Waals surface area contributed by atoms with Crippen LogP contribution in [0.15, 0.2) is 36.4 Å². The van der Waals surface area contributed by atoms with E-state index in [2.05, 4.69) is 0 Å². The molecule has 20 heavy (non-hydrogen) atoms. The lowest BCUT2D eigenvalue weighted by Crippen LogP contribution is -2.12. The number of hydrogen-bond donors (Lipinski definition) is 0. The summed E-state index contributed by atoms with van der Waals surface area (Å²) in [6.07, 6.45) is 0.240. The molecule has 0 spiro atoms. The van der Waals surface area contributed by atoms with Gasteiger partial charge in [-0.15, -0.1) is 0 Å². The molecule has 0 atom stereocenters. The van der Waals surface area contributed by atoms with Gasteiger partial charge in [-0.3, -0.25) is 4.79 Å². The van der Waals surface area contributed by atoms with Gasteiger partial charge in [0.25, 0.3) is 0 Å². The topological polar surface area (TPSA) is 26.3 Å². The van der Waals surface area contributed by atoms with E-state index in [1.165, 1.54) is 0 Å². The van der Waals surface area contributed by atoms with Gasteiger partial charge in [0.1, 0.15) is 5.75 Å². The van der Waals surface area contributed by atoms with Crippen LogP contribution in [0.5, 0.6) is 5.75 Å². The minimum absolute atomic E-state index is 0.240. The van der Waals surface area contributed by atoms with Gasteiger partial charge in [-0.05, 0) is 49.6 Å². The van der Waals surface area contributed by atoms with Crippen molar-refractivity contribution in [3.63, 3.8) is 0 Å². The number of rotatable bonds is 3. The number of ether oxygens (including phenoxy) is 1. The van der Waals surface area contributed by atoms with E-state index in [4.69, 9.17) is 16.3 Å². The SMILES string of the molecule is Cc1cc(C)c(OC(=O)Cc2ccc(Cl)cc2)c(C)c1. The highest BCUT2D eigenvalue weighted by Gasteiger charge is 2.11. The van der Waals surface area contributed by atoms with Crippen molar-refractivity contribution in [1.82, 2.24) is 0 Å². The summed E-state index contributed by atoms with van der Waals surface area (Å²) < 4.78 is 5.49. The maximum absolute atomic E-state index is 12.0. The molecule has 2 aromatic rings. The van der Waals surface area contributed by atoms with E-state index < -0.39 is 0 Å². The summed E-state index contributed by atoms with van der Waals surface area (Å²) in [6, 6.07) is 11.2. The predicted molar refractivity (Wildman–Crippen MR) is 81.4 cm³/mol. The van der Waals surface area contributed by atoms with Crippen molar-refractivity contribution in [3.8, 4) is 5.75 Å². The van der Waals surface area contributed by atoms with Crippen LogP contribution in [0.2, 0.25) is 5.02 Å². The third-order valence-electron chi connectivity index (χ3n) is 3.08. The lowest BCUT2D eigenvalue weighted by Gasteiger charge is -2.11. The van der Waals surface area contributed by atoms with Crippen LogP contribution in [0.25, 0.3) is 0 Å². The Balaban J connectivity index is 2.10. The van der Waals surface area contributed by atoms with Crippen molar-refractivity contribution in [2.45, 2.75) is 27.2 Å². The molecular formula is C17H17ClO2. The molecule has 0 aliphatic carbocycles. The van der Waals surface area contributed by atoms with Crippen LogP contribution in [0, 0.1) is 20.8 Å². The van der Waals surface area contributed by atoms with Crippen LogP contribution in [0.3, 0.4) is 0 Å². The van der Waals surface area contributed by atoms with E-state index in [-0.39, 0.29) is 12.4 Å². The highest BCUT2D eigenvalue weighted by molar-refractivity contribution is 6.30. The van der Waals surface area contributed by atoms with Crippen LogP contribution in [0.4, 0.5) is 0 Å². The van der Waals surface area contributed by atoms with Gasteiger partial charge in [0.05, 0.1) is 6.42 Å². The Labute approximate surface area is 124 Å². The molecule has 0 saturated heterocycles. The molecule has 0 amide bonds. The standard InChI is InChI=1S/C17H17ClO2/c1-11-8-12(2)17(13(3)9-11)20-16(19)10-14-4-6-15(18)7-5-14/h4-9H,10H2,1-3H3. The van der Waals surface area contributed by atoms with Gasteiger partial charge in [0.2, 0.25) is 0 Å². The highest BCUT2D eigenvalue weighted by atomic mass is 35.5. The second kappa shape index (κ2) is 6.10. The smallest absolute Gasteiger partial charge is 0.315 e. The van der Waals surface area contributed by atoms with Crippen LogP contribution >= 0.6 is 11.6 Å². The van der Waals surface area contributed by atoms with E-state index >= 15 is 0 Å². The zero-order chi connectivity index (χ0) is 14.7. The van der Waals surface area contributed by atoms with Crippen LogP contribution in [0.1, 0.15) is 22.3 Å². The molecule has 0 aliphatic heterocycles. The van der Waals surface area contributed by atoms with E-state index in [1.807, 2.05) is 45.0 Å². The molecule has 0 unspecified atom stereocenters. The normalized spacial score (nSPS) is 10.4. The highest BCUT2D eigenvalue weighted by Crippen LogP contribution is 2.25. The zero-order valence-corrected chi connectivity index (χ0v) is 12.6. The lowest BCUT2D eigenvalue weighted by atomic mass is 10.1. The van der Waals surface area contributed by atoms with Gasteiger partial charge in [-0.2, -0.15) is 0 Å². The van der Waals surface area contributed by atoms with Crippen LogP contribution < -0.4 is 4.74 Å². The molecule has 0 aromatic heterocycles. The Hall–Kier alpha value is -1.80. The summed E-state index contributed by atoms with van der Waals surface area (Å²) in [5, 5.41) is 0.660. The van der Waals surface area contributed by atoms with Crippen LogP contribution in [-0.4, -0.2) is 5.97 Å². The summed E-state index contributed by atoms with van der Waals surface area (Å²) in [7, 11) is 0. The van der Waals surface area contributed by atoms with Gasteiger partial charge >= 0.3 is 5.97 Å². The fourth-order valence-electron chi connectivity index (χ4n) is 2.25. The number of carbonyl (C=O) groups is 1. The fraction of sp³-hybridized carbons (Fsp3) is 0.235. The van der Waals surface area contributed by atoms with Crippen molar-refractivity contribution in [1.29, 1.82) is 0 Å². The third-order valence-corrected chi connectivity index (χ3v) is 3.33. The molecule has 0 aliphatic rings. The van der Waals surface area contributed by atoms with Gasteiger partial charge in [-0.25, -0.2) is 0 Å². The predicted octanol–water partition coefficient (Wildman–Crippen LogP) is 4.41. The number of aryl methyl sites for hydroxylation is 3. The summed E-state index contributed by atoms with van der Waals surface area (Å²) in [5.74, 6) is 0.400. The Morgan fingerprint density at radius 2 is 1.60 bits per heavy atom. The van der Waals surface area contributed by atoms with Crippen molar-refractivity contribution < 1.29 is 9.53 Å². The molecular weight excluding hydrogens is 272 g/mol. The zero-order valence-electron chi connectivity index (χ0n) is 11.9. The molecule has 2 rings (SSSR count). The molecule has 3 heteroatoms. The maximum Gasteiger partial charge on any atom is 0.315 e. The van der Waals surface area contributed by atoms with Gasteiger partial charge in [0.15, 0.2) is 0 Å². The molecule has 2 aromatic carbocycles. The molecule has 0 N–H and O–H groups in total. The van der Waals surface area contributed by atoms with Crippen molar-refractivity contribution in [2.75, 3.05) is 0 Å². The molecule has 0 radical (unpaired) electrons. The molecule has 0 heterocycles. The number of hydrogen-bond acceptors (Lipinski definition) is 2. The van der Waals surface area contributed by atoms with E-state index in [9.17, 15) is 4.79 Å². The molecule has 104 valence electrons. The summed E-state index contributed by atoms with van der Waals surface area (Å²) in [4.78, 5) is 12.0. The monoisotopic (exact) mass is 288 g/mol. The fourth-order valence-corrected chi connectivity index (χ4v) is 2.37. The van der Waals surface area contributed by atoms with E-state index in [0.29, 0.717) is 10.8 Å². The second-order valence-corrected chi connectivity index (χ2v) is 5.44. The maximum atomic E-state index is 12.0. The first-order valence-electron chi connectivity index (χ1n) is 6.48. The van der Waals surface area contributed by atoms with Crippen molar-refractivity contribution in [3.05, 3.63) is 63.7 Å². The number of esters is 1. The lowest BCUT2D eigenvalue weighted by molar-refractivity contribution is -0.133. The Morgan fingerprint density at radius 1 is 1.05 bits per heavy atom. The summed E-state index contributed by atoms with van der Waals surface area (Å²) in [6.45, 7) is 5.93. The van der Waals surface area contributed by atoms with E-state index in [0.717, 1.165) is 22.3 Å². The van der Waals surface area contributed by atoms with Crippen molar-refractivity contribution >= 4 is 17.6 Å². The average Bonchev–Trinajstić information content (AvgIpc) is 2.36. The molecule has 0 fully saturated rings. The quantitative estimate of drug-likeness (QED) is 0.617. The second-order valence-electron chi connectivity index (χ2n) is 5.01. The van der Waals surface area contributed by atoms with E-state index in [1.54, 1.807) is 12.1 Å². The largest absolute Gasteiger partial charge is 0.426 e. The first kappa shape index (κ1) is 14.6. The van der Waals surface area contributed by atoms with Gasteiger partial charge in [0, 0.05) is 5.02 Å². The van der Waals surface area contributed by atoms with Crippen molar-refractivity contribution in [2.24, 2.45) is 0 Å². The molecule has 0 bridgehead atoms. The minimum atomic E-state index is -0.262. The van der Waals surface area contributed by atoms with Gasteiger partial charge < -0.3 is 4.74 Å².